The van der Waals surface area contributed by atoms with E-state index in [4.69, 9.17) is 16.3 Å². The molecule has 0 radical (unpaired) electrons. The van der Waals surface area contributed by atoms with Crippen LogP contribution >= 0.6 is 11.6 Å². The molecule has 12 nitrogen and oxygen atoms in total. The number of benzene rings is 4. The van der Waals surface area contributed by atoms with Gasteiger partial charge in [-0.25, -0.2) is 9.29 Å². The zero-order valence-electron chi connectivity index (χ0n) is 27.9. The number of hydrogen-bond acceptors (Lipinski definition) is 9. The maximum atomic E-state index is 15.2. The van der Waals surface area contributed by atoms with Crippen molar-refractivity contribution in [3.63, 3.8) is 0 Å². The van der Waals surface area contributed by atoms with Crippen LogP contribution in [-0.2, 0) is 24.6 Å². The van der Waals surface area contributed by atoms with Gasteiger partial charge in [0, 0.05) is 28.6 Å². The van der Waals surface area contributed by atoms with Gasteiger partial charge in [-0.2, -0.15) is 5.01 Å². The van der Waals surface area contributed by atoms with Gasteiger partial charge in [0.05, 0.1) is 46.6 Å². The number of methoxy groups -OCH3 is 1. The predicted molar refractivity (Wildman–Crippen MR) is 189 cm³/mol. The number of aromatic hydroxyl groups is 1. The van der Waals surface area contributed by atoms with E-state index in [2.05, 4.69) is 5.43 Å². The molecule has 4 amide bonds. The highest BCUT2D eigenvalue weighted by atomic mass is 35.5. The lowest BCUT2D eigenvalue weighted by Gasteiger charge is -2.50. The number of hydrazine groups is 1. The number of phenols is 1. The van der Waals surface area contributed by atoms with Crippen LogP contribution in [0.5, 0.6) is 11.5 Å². The van der Waals surface area contributed by atoms with Crippen molar-refractivity contribution in [2.45, 2.75) is 24.2 Å². The molecule has 2 aliphatic heterocycles. The molecule has 6 atom stereocenters. The van der Waals surface area contributed by atoms with Crippen molar-refractivity contribution < 1.29 is 38.3 Å². The zero-order valence-corrected chi connectivity index (χ0v) is 28.7. The van der Waals surface area contributed by atoms with Gasteiger partial charge in [-0.1, -0.05) is 53.6 Å². The molecular formula is C39H30ClFN4O8. The summed E-state index contributed by atoms with van der Waals surface area (Å²) in [5, 5.41) is 24.6. The molecule has 4 aliphatic rings. The second kappa shape index (κ2) is 12.6. The first-order chi connectivity index (χ1) is 25.5. The number of allylic oxidation sites excluding steroid dienone is 2. The Morgan fingerprint density at radius 3 is 2.36 bits per heavy atom. The Morgan fingerprint density at radius 1 is 0.943 bits per heavy atom. The molecule has 2 saturated heterocycles. The van der Waals surface area contributed by atoms with Crippen LogP contribution in [0.2, 0.25) is 5.02 Å². The maximum absolute atomic E-state index is 15.2. The third-order valence-electron chi connectivity index (χ3n) is 11.1. The Morgan fingerprint density at radius 2 is 1.66 bits per heavy atom. The number of carbonyl (C=O) groups is 4. The molecule has 3 fully saturated rings. The van der Waals surface area contributed by atoms with Crippen LogP contribution in [0.4, 0.5) is 21.5 Å². The molecule has 1 saturated carbocycles. The van der Waals surface area contributed by atoms with Gasteiger partial charge in [-0.05, 0) is 72.9 Å². The summed E-state index contributed by atoms with van der Waals surface area (Å²) in [4.78, 5) is 70.4. The highest BCUT2D eigenvalue weighted by molar-refractivity contribution is 6.30. The number of halogens is 2. The SMILES string of the molecule is COc1cccc(C2C3=CCC4C(=O)N(c5cccc([N+](=O)[O-])c5)C(=O)C4C3CC3C(=O)N(Nc4ccc(F)cc4)C(=O)C32c2ccc(Cl)cc2)c1O. The van der Waals surface area contributed by atoms with Crippen LogP contribution in [0.1, 0.15) is 29.9 Å². The average molecular weight is 737 g/mol. The Labute approximate surface area is 306 Å². The van der Waals surface area contributed by atoms with Crippen molar-refractivity contribution in [1.29, 1.82) is 0 Å². The number of nitrogens with zero attached hydrogens (tertiary/aromatic N) is 3. The Balaban J connectivity index is 1.33. The predicted octanol–water partition coefficient (Wildman–Crippen LogP) is 6.29. The smallest absolute Gasteiger partial charge is 0.271 e. The molecular weight excluding hydrogens is 707 g/mol. The second-order valence-corrected chi connectivity index (χ2v) is 14.0. The maximum Gasteiger partial charge on any atom is 0.271 e. The molecule has 53 heavy (non-hydrogen) atoms. The van der Waals surface area contributed by atoms with Gasteiger partial charge in [-0.15, -0.1) is 0 Å². The molecule has 14 heteroatoms. The molecule has 2 aliphatic carbocycles. The number of imide groups is 2. The lowest BCUT2D eigenvalue weighted by molar-refractivity contribution is -0.384. The van der Waals surface area contributed by atoms with Crippen molar-refractivity contribution in [3.8, 4) is 11.5 Å². The van der Waals surface area contributed by atoms with E-state index in [0.29, 0.717) is 16.2 Å². The van der Waals surface area contributed by atoms with Crippen LogP contribution in [0, 0.1) is 39.6 Å². The summed E-state index contributed by atoms with van der Waals surface area (Å²) < 4.78 is 19.3. The van der Waals surface area contributed by atoms with Crippen molar-refractivity contribution in [1.82, 2.24) is 5.01 Å². The van der Waals surface area contributed by atoms with Crippen LogP contribution in [0.25, 0.3) is 0 Å². The summed E-state index contributed by atoms with van der Waals surface area (Å²) in [6.45, 7) is 0. The third kappa shape index (κ3) is 5.01. The summed E-state index contributed by atoms with van der Waals surface area (Å²) in [5.41, 5.74) is 2.46. The number of para-hydroxylation sites is 1. The number of fused-ring (bicyclic) bond motifs is 4. The molecule has 4 aromatic carbocycles. The number of amides is 4. The fourth-order valence-electron chi connectivity index (χ4n) is 8.94. The molecule has 0 spiro atoms. The van der Waals surface area contributed by atoms with Crippen molar-refractivity contribution in [2.24, 2.45) is 23.7 Å². The number of ether oxygens (including phenoxy) is 1. The van der Waals surface area contributed by atoms with E-state index in [1.807, 2.05) is 6.08 Å². The summed E-state index contributed by atoms with van der Waals surface area (Å²) >= 11 is 6.33. The fourth-order valence-corrected chi connectivity index (χ4v) is 9.06. The van der Waals surface area contributed by atoms with Gasteiger partial charge < -0.3 is 9.84 Å². The number of nitrogens with one attached hydrogen (secondary N) is 1. The molecule has 2 N–H and O–H groups in total. The standard InChI is InChI=1S/C39H30ClFN4O8/c1-53-31-7-3-6-28(34(31)46)33-26-16-17-27-32(37(49)43(35(27)47)24-4-2-5-25(18-24)45(51)52)29(26)19-30-36(48)44(42-23-14-12-22(41)13-15-23)38(50)39(30,33)20-8-10-21(40)11-9-20/h2-16,18,27,29-30,32-33,42,46H,17,19H2,1H3. The van der Waals surface area contributed by atoms with Gasteiger partial charge in [0.1, 0.15) is 5.82 Å². The monoisotopic (exact) mass is 736 g/mol. The Bertz CT molecular complexity index is 2260. The van der Waals surface area contributed by atoms with Crippen LogP contribution in [-0.4, -0.2) is 45.8 Å². The first kappa shape index (κ1) is 34.0. The van der Waals surface area contributed by atoms with Gasteiger partial charge in [0.15, 0.2) is 11.5 Å². The topological polar surface area (TPSA) is 159 Å². The lowest BCUT2D eigenvalue weighted by atomic mass is 9.49. The van der Waals surface area contributed by atoms with Crippen LogP contribution < -0.4 is 15.1 Å². The molecule has 6 unspecified atom stereocenters. The van der Waals surface area contributed by atoms with E-state index in [9.17, 15) is 34.0 Å². The van der Waals surface area contributed by atoms with E-state index in [1.54, 1.807) is 42.5 Å². The normalized spacial score (nSPS) is 26.2. The first-order valence-corrected chi connectivity index (χ1v) is 17.2. The largest absolute Gasteiger partial charge is 0.504 e. The second-order valence-electron chi connectivity index (χ2n) is 13.6. The number of rotatable bonds is 7. The molecule has 0 bridgehead atoms. The molecule has 2 heterocycles. The van der Waals surface area contributed by atoms with E-state index in [0.717, 1.165) is 9.91 Å². The third-order valence-corrected chi connectivity index (χ3v) is 11.4. The summed E-state index contributed by atoms with van der Waals surface area (Å²) in [6.07, 6.45) is 1.87. The van der Waals surface area contributed by atoms with E-state index in [-0.39, 0.29) is 47.0 Å². The fraction of sp³-hybridized carbons (Fsp3) is 0.231. The Kier molecular flexibility index (Phi) is 8.06. The van der Waals surface area contributed by atoms with Gasteiger partial charge in [-0.3, -0.25) is 34.7 Å². The molecule has 0 aromatic heterocycles. The number of non-ortho nitro benzene ring substituents is 1. The quantitative estimate of drug-likeness (QED) is 0.0962. The highest BCUT2D eigenvalue weighted by Gasteiger charge is 2.70. The number of hydrogen-bond donors (Lipinski definition) is 2. The summed E-state index contributed by atoms with van der Waals surface area (Å²) in [7, 11) is 1.38. The molecule has 268 valence electrons. The zero-order chi connectivity index (χ0) is 37.3. The van der Waals surface area contributed by atoms with Gasteiger partial charge in [0.2, 0.25) is 11.8 Å². The lowest BCUT2D eigenvalue weighted by Crippen LogP contribution is -2.53. The summed E-state index contributed by atoms with van der Waals surface area (Å²) in [5.74, 6) is -7.87. The van der Waals surface area contributed by atoms with Crippen molar-refractivity contribution in [2.75, 3.05) is 17.4 Å². The van der Waals surface area contributed by atoms with Gasteiger partial charge >= 0.3 is 0 Å². The number of phenolic OH excluding ortho intramolecular Hbond substituents is 1. The van der Waals surface area contributed by atoms with Crippen molar-refractivity contribution >= 4 is 52.3 Å². The highest BCUT2D eigenvalue weighted by Crippen LogP contribution is 2.65. The summed E-state index contributed by atoms with van der Waals surface area (Å²) in [6, 6.07) is 21.8. The minimum Gasteiger partial charge on any atom is -0.504 e. The van der Waals surface area contributed by atoms with E-state index >= 15 is 4.79 Å². The number of anilines is 2. The van der Waals surface area contributed by atoms with Gasteiger partial charge in [0.25, 0.3) is 17.5 Å². The Hall–Kier alpha value is -6.08. The number of nitro groups is 1. The van der Waals surface area contributed by atoms with Crippen LogP contribution in [0.15, 0.2) is 103 Å². The number of nitro benzene ring substituents is 1. The minimum absolute atomic E-state index is 0.0369. The minimum atomic E-state index is -1.71. The molecule has 4 aromatic rings. The first-order valence-electron chi connectivity index (χ1n) is 16.8. The molecule has 8 rings (SSSR count). The average Bonchev–Trinajstić information content (AvgIpc) is 3.53. The van der Waals surface area contributed by atoms with Crippen LogP contribution in [0.3, 0.4) is 0 Å². The number of carbonyl (C=O) groups excluding carboxylic acids is 4. The van der Waals surface area contributed by atoms with E-state index in [1.165, 1.54) is 55.6 Å². The van der Waals surface area contributed by atoms with Crippen molar-refractivity contribution in [3.05, 3.63) is 135 Å². The van der Waals surface area contributed by atoms with E-state index < -0.39 is 69.4 Å².